The summed E-state index contributed by atoms with van der Waals surface area (Å²) >= 11 is 0. The van der Waals surface area contributed by atoms with Crippen LogP contribution in [0.3, 0.4) is 0 Å². The lowest BCUT2D eigenvalue weighted by Crippen LogP contribution is -2.50. The third kappa shape index (κ3) is 3.67. The van der Waals surface area contributed by atoms with E-state index in [1.165, 1.54) is 0 Å². The molecule has 2 fully saturated rings. The number of nitrogens with one attached hydrogen (secondary N) is 1. The minimum Gasteiger partial charge on any atom is -0.378 e. The van der Waals surface area contributed by atoms with Crippen molar-refractivity contribution in [2.24, 2.45) is 0 Å². The van der Waals surface area contributed by atoms with Gasteiger partial charge in [-0.1, -0.05) is 0 Å². The Bertz CT molecular complexity index is 262. The van der Waals surface area contributed by atoms with Gasteiger partial charge < -0.3 is 19.5 Å². The van der Waals surface area contributed by atoms with E-state index < -0.39 is 0 Å². The maximum Gasteiger partial charge on any atom is 0.0951 e. The van der Waals surface area contributed by atoms with Crippen LogP contribution in [0.4, 0.5) is 0 Å². The average Bonchev–Trinajstić information content (AvgIpc) is 2.75. The maximum absolute atomic E-state index is 5.94. The van der Waals surface area contributed by atoms with E-state index in [-0.39, 0.29) is 11.2 Å². The average molecular weight is 257 g/mol. The molecule has 0 bridgehead atoms. The molecule has 4 nitrogen and oxygen atoms in total. The van der Waals surface area contributed by atoms with E-state index in [0.717, 1.165) is 52.2 Å². The molecule has 0 radical (unpaired) electrons. The van der Waals surface area contributed by atoms with Crippen molar-refractivity contribution in [3.05, 3.63) is 0 Å². The molecule has 2 atom stereocenters. The molecule has 0 amide bonds. The highest BCUT2D eigenvalue weighted by Gasteiger charge is 2.41. The van der Waals surface area contributed by atoms with Crippen LogP contribution in [0.25, 0.3) is 0 Å². The summed E-state index contributed by atoms with van der Waals surface area (Å²) in [5, 5.41) is 3.64. The summed E-state index contributed by atoms with van der Waals surface area (Å²) in [4.78, 5) is 0. The first-order valence-electron chi connectivity index (χ1n) is 7.14. The molecule has 2 unspecified atom stereocenters. The van der Waals surface area contributed by atoms with Crippen LogP contribution in [0.1, 0.15) is 40.0 Å². The number of rotatable bonds is 5. The Morgan fingerprint density at radius 2 is 2.22 bits per heavy atom. The molecule has 1 spiro atoms. The van der Waals surface area contributed by atoms with Crippen LogP contribution in [-0.4, -0.2) is 50.2 Å². The zero-order chi connectivity index (χ0) is 13.1. The van der Waals surface area contributed by atoms with Gasteiger partial charge in [0.15, 0.2) is 0 Å². The van der Waals surface area contributed by atoms with Gasteiger partial charge in [-0.15, -0.1) is 0 Å². The third-order valence-electron chi connectivity index (χ3n) is 3.91. The van der Waals surface area contributed by atoms with Crippen LogP contribution in [0, 0.1) is 0 Å². The summed E-state index contributed by atoms with van der Waals surface area (Å²) in [5.74, 6) is 0. The first-order valence-corrected chi connectivity index (χ1v) is 7.14. The molecule has 4 heteroatoms. The molecule has 106 valence electrons. The highest BCUT2D eigenvalue weighted by atomic mass is 16.6. The van der Waals surface area contributed by atoms with Gasteiger partial charge in [-0.25, -0.2) is 0 Å². The molecule has 2 rings (SSSR count). The molecule has 0 aromatic rings. The summed E-state index contributed by atoms with van der Waals surface area (Å²) in [5.41, 5.74) is -0.0991. The van der Waals surface area contributed by atoms with Gasteiger partial charge >= 0.3 is 0 Å². The first kappa shape index (κ1) is 14.3. The lowest BCUT2D eigenvalue weighted by atomic mass is 9.89. The first-order chi connectivity index (χ1) is 8.55. The molecule has 18 heavy (non-hydrogen) atoms. The predicted octanol–water partition coefficient (Wildman–Crippen LogP) is 1.73. The topological polar surface area (TPSA) is 39.7 Å². The predicted molar refractivity (Wildman–Crippen MR) is 70.8 cm³/mol. The van der Waals surface area contributed by atoms with Crippen molar-refractivity contribution in [1.29, 1.82) is 0 Å². The van der Waals surface area contributed by atoms with Crippen LogP contribution in [-0.2, 0) is 14.2 Å². The highest BCUT2D eigenvalue weighted by Crippen LogP contribution is 2.32. The van der Waals surface area contributed by atoms with Gasteiger partial charge in [0.05, 0.1) is 17.8 Å². The second-order valence-electron chi connectivity index (χ2n) is 6.10. The molecule has 0 aromatic heterocycles. The lowest BCUT2D eigenvalue weighted by Gasteiger charge is -2.38. The summed E-state index contributed by atoms with van der Waals surface area (Å²) in [6.45, 7) is 10.4. The molecule has 2 heterocycles. The zero-order valence-corrected chi connectivity index (χ0v) is 12.0. The van der Waals surface area contributed by atoms with E-state index in [0.29, 0.717) is 6.04 Å². The van der Waals surface area contributed by atoms with Crippen molar-refractivity contribution < 1.29 is 14.2 Å². The lowest BCUT2D eigenvalue weighted by molar-refractivity contribution is -0.0923. The van der Waals surface area contributed by atoms with Crippen molar-refractivity contribution in [3.8, 4) is 0 Å². The van der Waals surface area contributed by atoms with E-state index in [1.807, 2.05) is 6.92 Å². The van der Waals surface area contributed by atoms with Crippen molar-refractivity contribution >= 4 is 0 Å². The Labute approximate surface area is 110 Å². The SMILES string of the molecule is CCOC(C)(C)CNC1CCOC2(CCOC2)C1. The Morgan fingerprint density at radius 1 is 1.39 bits per heavy atom. The second-order valence-corrected chi connectivity index (χ2v) is 6.10. The monoisotopic (exact) mass is 257 g/mol. The zero-order valence-electron chi connectivity index (χ0n) is 12.0. The number of hydrogen-bond acceptors (Lipinski definition) is 4. The molecular formula is C14H27NO3. The van der Waals surface area contributed by atoms with Crippen molar-refractivity contribution in [1.82, 2.24) is 5.32 Å². The third-order valence-corrected chi connectivity index (χ3v) is 3.91. The minimum atomic E-state index is -0.0909. The van der Waals surface area contributed by atoms with Crippen molar-refractivity contribution in [3.63, 3.8) is 0 Å². The molecular weight excluding hydrogens is 230 g/mol. The van der Waals surface area contributed by atoms with Gasteiger partial charge in [-0.05, 0) is 33.6 Å². The molecule has 0 aromatic carbocycles. The van der Waals surface area contributed by atoms with E-state index in [4.69, 9.17) is 14.2 Å². The Hall–Kier alpha value is -0.160. The Kier molecular flexibility index (Phi) is 4.64. The second kappa shape index (κ2) is 5.87. The quantitative estimate of drug-likeness (QED) is 0.814. The molecule has 0 saturated carbocycles. The molecule has 1 N–H and O–H groups in total. The Morgan fingerprint density at radius 3 is 2.89 bits per heavy atom. The van der Waals surface area contributed by atoms with Crippen LogP contribution in [0.15, 0.2) is 0 Å². The van der Waals surface area contributed by atoms with Crippen molar-refractivity contribution in [2.45, 2.75) is 57.3 Å². The summed E-state index contributed by atoms with van der Waals surface area (Å²) in [6, 6.07) is 0.528. The molecule has 2 aliphatic rings. The normalized spacial score (nSPS) is 33.2. The van der Waals surface area contributed by atoms with Crippen LogP contribution >= 0.6 is 0 Å². The highest BCUT2D eigenvalue weighted by molar-refractivity contribution is 4.93. The van der Waals surface area contributed by atoms with Crippen LogP contribution < -0.4 is 5.32 Å². The molecule has 2 saturated heterocycles. The number of hydrogen-bond donors (Lipinski definition) is 1. The smallest absolute Gasteiger partial charge is 0.0951 e. The van der Waals surface area contributed by atoms with E-state index in [1.54, 1.807) is 0 Å². The fraction of sp³-hybridized carbons (Fsp3) is 1.00. The van der Waals surface area contributed by atoms with E-state index >= 15 is 0 Å². The Balaban J connectivity index is 1.79. The summed E-state index contributed by atoms with van der Waals surface area (Å²) < 4.78 is 17.2. The van der Waals surface area contributed by atoms with Gasteiger partial charge in [0, 0.05) is 38.8 Å². The van der Waals surface area contributed by atoms with Gasteiger partial charge in [-0.3, -0.25) is 0 Å². The van der Waals surface area contributed by atoms with Gasteiger partial charge in [0.1, 0.15) is 0 Å². The largest absolute Gasteiger partial charge is 0.378 e. The van der Waals surface area contributed by atoms with Crippen LogP contribution in [0.5, 0.6) is 0 Å². The summed E-state index contributed by atoms with van der Waals surface area (Å²) in [6.07, 6.45) is 3.19. The molecule has 0 aliphatic carbocycles. The van der Waals surface area contributed by atoms with Gasteiger partial charge in [-0.2, -0.15) is 0 Å². The minimum absolute atomic E-state index is 0.00826. The van der Waals surface area contributed by atoms with Crippen LogP contribution in [0.2, 0.25) is 0 Å². The van der Waals surface area contributed by atoms with E-state index in [2.05, 4.69) is 19.2 Å². The summed E-state index contributed by atoms with van der Waals surface area (Å²) in [7, 11) is 0. The van der Waals surface area contributed by atoms with Gasteiger partial charge in [0.25, 0.3) is 0 Å². The standard InChI is InChI=1S/C14H27NO3/c1-4-17-13(2,3)10-15-12-5-7-18-14(9-12)6-8-16-11-14/h12,15H,4-11H2,1-3H3. The number of ether oxygens (including phenoxy) is 3. The maximum atomic E-state index is 5.94. The fourth-order valence-electron chi connectivity index (χ4n) is 2.90. The fourth-order valence-corrected chi connectivity index (χ4v) is 2.90. The van der Waals surface area contributed by atoms with E-state index in [9.17, 15) is 0 Å². The van der Waals surface area contributed by atoms with Crippen molar-refractivity contribution in [2.75, 3.05) is 33.0 Å². The molecule has 2 aliphatic heterocycles. The van der Waals surface area contributed by atoms with Gasteiger partial charge in [0.2, 0.25) is 0 Å².